The molecule has 8 nitrogen and oxygen atoms in total. The summed E-state index contributed by atoms with van der Waals surface area (Å²) in [5.41, 5.74) is 0.134. The fourth-order valence-electron chi connectivity index (χ4n) is 2.77. The Balaban J connectivity index is 2.01. The predicted molar refractivity (Wildman–Crippen MR) is 109 cm³/mol. The summed E-state index contributed by atoms with van der Waals surface area (Å²) in [5, 5.41) is 12.4. The zero-order chi connectivity index (χ0) is 21.1. The summed E-state index contributed by atoms with van der Waals surface area (Å²) in [7, 11) is 1.38. The minimum Gasteiger partial charge on any atom is -0.504 e. The number of urea groups is 1. The van der Waals surface area contributed by atoms with E-state index in [-0.39, 0.29) is 28.3 Å². The van der Waals surface area contributed by atoms with Crippen LogP contribution in [-0.4, -0.2) is 36.7 Å². The molecular formula is C20H17BrN2O6. The molecule has 150 valence electrons. The number of hydrogen-bond donors (Lipinski definition) is 2. The Morgan fingerprint density at radius 2 is 1.86 bits per heavy atom. The maximum Gasteiger partial charge on any atom is 0.335 e. The third-order valence-corrected chi connectivity index (χ3v) is 4.55. The quantitative estimate of drug-likeness (QED) is 0.524. The van der Waals surface area contributed by atoms with Gasteiger partial charge < -0.3 is 14.6 Å². The average Bonchev–Trinajstić information content (AvgIpc) is 2.68. The largest absolute Gasteiger partial charge is 0.504 e. The summed E-state index contributed by atoms with van der Waals surface area (Å²) >= 11 is 3.28. The van der Waals surface area contributed by atoms with Crippen molar-refractivity contribution in [3.8, 4) is 17.2 Å². The van der Waals surface area contributed by atoms with E-state index in [1.165, 1.54) is 37.5 Å². The van der Waals surface area contributed by atoms with Crippen molar-refractivity contribution >= 4 is 45.5 Å². The monoisotopic (exact) mass is 460 g/mol. The van der Waals surface area contributed by atoms with Gasteiger partial charge in [0.15, 0.2) is 11.5 Å². The minimum absolute atomic E-state index is 0.161. The molecule has 0 unspecified atom stereocenters. The number of hydrogen-bond acceptors (Lipinski definition) is 6. The average molecular weight is 461 g/mol. The summed E-state index contributed by atoms with van der Waals surface area (Å²) in [5.74, 6) is -1.18. The third-order valence-electron chi connectivity index (χ3n) is 4.10. The molecule has 1 saturated heterocycles. The molecule has 2 N–H and O–H groups in total. The number of phenolic OH excluding ortho intramolecular Hbond substituents is 1. The molecule has 0 saturated carbocycles. The second kappa shape index (κ2) is 8.36. The van der Waals surface area contributed by atoms with Crippen molar-refractivity contribution < 1.29 is 29.0 Å². The van der Waals surface area contributed by atoms with Crippen LogP contribution in [-0.2, 0) is 9.59 Å². The van der Waals surface area contributed by atoms with Gasteiger partial charge in [0.1, 0.15) is 11.3 Å². The van der Waals surface area contributed by atoms with E-state index in [4.69, 9.17) is 9.47 Å². The number of imide groups is 2. The van der Waals surface area contributed by atoms with Crippen LogP contribution in [0.3, 0.4) is 0 Å². The summed E-state index contributed by atoms with van der Waals surface area (Å²) < 4.78 is 11.0. The number of rotatable bonds is 5. The fraction of sp³-hybridized carbons (Fsp3) is 0.150. The van der Waals surface area contributed by atoms with E-state index in [2.05, 4.69) is 21.2 Å². The Bertz CT molecular complexity index is 1020. The molecule has 0 radical (unpaired) electrons. The molecule has 0 aliphatic carbocycles. The van der Waals surface area contributed by atoms with Gasteiger partial charge >= 0.3 is 6.03 Å². The van der Waals surface area contributed by atoms with Crippen molar-refractivity contribution in [1.82, 2.24) is 5.32 Å². The fourth-order valence-corrected chi connectivity index (χ4v) is 3.22. The summed E-state index contributed by atoms with van der Waals surface area (Å²) in [6, 6.07) is 8.50. The Labute approximate surface area is 174 Å². The lowest BCUT2D eigenvalue weighted by molar-refractivity contribution is -0.122. The number of nitrogens with one attached hydrogen (secondary N) is 1. The van der Waals surface area contributed by atoms with Crippen LogP contribution in [0, 0.1) is 0 Å². The van der Waals surface area contributed by atoms with Gasteiger partial charge in [0.25, 0.3) is 11.8 Å². The highest BCUT2D eigenvalue weighted by Gasteiger charge is 2.37. The first kappa shape index (κ1) is 20.4. The van der Waals surface area contributed by atoms with Gasteiger partial charge in [-0.15, -0.1) is 0 Å². The number of benzene rings is 2. The molecule has 1 fully saturated rings. The number of phenols is 1. The smallest absolute Gasteiger partial charge is 0.335 e. The maximum atomic E-state index is 12.9. The van der Waals surface area contributed by atoms with Crippen LogP contribution < -0.4 is 19.7 Å². The molecule has 0 bridgehead atoms. The second-order valence-electron chi connectivity index (χ2n) is 5.93. The van der Waals surface area contributed by atoms with Crippen LogP contribution in [0.4, 0.5) is 10.5 Å². The van der Waals surface area contributed by atoms with Crippen molar-refractivity contribution in [2.45, 2.75) is 6.92 Å². The Morgan fingerprint density at radius 3 is 2.48 bits per heavy atom. The van der Waals surface area contributed by atoms with Gasteiger partial charge in [-0.25, -0.2) is 9.69 Å². The van der Waals surface area contributed by atoms with Crippen molar-refractivity contribution in [3.63, 3.8) is 0 Å². The SMILES string of the molecule is CCOc1ccc(N2C(=O)NC(=O)/C(=C/c3cc(Br)cc(OC)c3O)C2=O)cc1. The lowest BCUT2D eigenvalue weighted by atomic mass is 10.1. The predicted octanol–water partition coefficient (Wildman–Crippen LogP) is 3.23. The van der Waals surface area contributed by atoms with Gasteiger partial charge in [-0.2, -0.15) is 0 Å². The minimum atomic E-state index is -0.864. The van der Waals surface area contributed by atoms with E-state index in [0.717, 1.165) is 4.90 Å². The van der Waals surface area contributed by atoms with Gasteiger partial charge in [-0.1, -0.05) is 15.9 Å². The van der Waals surface area contributed by atoms with Crippen molar-refractivity contribution in [2.75, 3.05) is 18.6 Å². The number of amides is 4. The molecule has 4 amide bonds. The topological polar surface area (TPSA) is 105 Å². The first-order chi connectivity index (χ1) is 13.8. The number of nitrogens with zero attached hydrogens (tertiary/aromatic N) is 1. The molecule has 29 heavy (non-hydrogen) atoms. The first-order valence-corrected chi connectivity index (χ1v) is 9.35. The first-order valence-electron chi connectivity index (χ1n) is 8.56. The Morgan fingerprint density at radius 1 is 1.17 bits per heavy atom. The molecule has 2 aromatic rings. The van der Waals surface area contributed by atoms with E-state index in [1.807, 2.05) is 6.92 Å². The summed E-state index contributed by atoms with van der Waals surface area (Å²) in [6.45, 7) is 2.31. The lowest BCUT2D eigenvalue weighted by Gasteiger charge is -2.26. The van der Waals surface area contributed by atoms with Crippen molar-refractivity contribution in [3.05, 3.63) is 52.0 Å². The van der Waals surface area contributed by atoms with Crippen molar-refractivity contribution in [1.29, 1.82) is 0 Å². The molecule has 1 aliphatic heterocycles. The van der Waals surface area contributed by atoms with Crippen LogP contribution in [0.5, 0.6) is 17.2 Å². The van der Waals surface area contributed by atoms with Gasteiger partial charge in [-0.3, -0.25) is 14.9 Å². The molecule has 1 heterocycles. The van der Waals surface area contributed by atoms with Gasteiger partial charge in [0, 0.05) is 10.0 Å². The van der Waals surface area contributed by atoms with Crippen LogP contribution in [0.2, 0.25) is 0 Å². The van der Waals surface area contributed by atoms with E-state index in [9.17, 15) is 19.5 Å². The van der Waals surface area contributed by atoms with Crippen LogP contribution in [0.25, 0.3) is 6.08 Å². The van der Waals surface area contributed by atoms with Gasteiger partial charge in [0.2, 0.25) is 0 Å². The number of halogens is 1. The number of carbonyl (C=O) groups excluding carboxylic acids is 3. The summed E-state index contributed by atoms with van der Waals surface area (Å²) in [4.78, 5) is 38.4. The molecule has 1 aliphatic rings. The van der Waals surface area contributed by atoms with Crippen molar-refractivity contribution in [2.24, 2.45) is 0 Å². The lowest BCUT2D eigenvalue weighted by Crippen LogP contribution is -2.54. The Hall–Kier alpha value is -3.33. The van der Waals surface area contributed by atoms with Crippen LogP contribution in [0.15, 0.2) is 46.4 Å². The van der Waals surface area contributed by atoms with Gasteiger partial charge in [0.05, 0.1) is 19.4 Å². The molecule has 3 rings (SSSR count). The summed E-state index contributed by atoms with van der Waals surface area (Å²) in [6.07, 6.45) is 1.20. The molecule has 9 heteroatoms. The highest BCUT2D eigenvalue weighted by Crippen LogP contribution is 2.35. The number of ether oxygens (including phenoxy) is 2. The zero-order valence-electron chi connectivity index (χ0n) is 15.6. The number of anilines is 1. The number of barbiturate groups is 1. The molecule has 2 aromatic carbocycles. The van der Waals surface area contributed by atoms with E-state index < -0.39 is 17.8 Å². The number of methoxy groups -OCH3 is 1. The van der Waals surface area contributed by atoms with Gasteiger partial charge in [-0.05, 0) is 49.4 Å². The highest BCUT2D eigenvalue weighted by molar-refractivity contribution is 9.10. The zero-order valence-corrected chi connectivity index (χ0v) is 17.1. The van der Waals surface area contributed by atoms with E-state index >= 15 is 0 Å². The second-order valence-corrected chi connectivity index (χ2v) is 6.85. The molecule has 0 atom stereocenters. The highest BCUT2D eigenvalue weighted by atomic mass is 79.9. The standard InChI is InChI=1S/C20H17BrN2O6/c1-3-29-14-6-4-13(5-7-14)23-19(26)15(18(25)22-20(23)27)9-11-8-12(21)10-16(28-2)17(11)24/h4-10,24H,3H2,1-2H3,(H,22,25,27)/b15-9-. The molecule has 0 aromatic heterocycles. The van der Waals surface area contributed by atoms with Crippen LogP contribution >= 0.6 is 15.9 Å². The normalized spacial score (nSPS) is 15.5. The molecule has 0 spiro atoms. The number of aromatic hydroxyl groups is 1. The Kier molecular flexibility index (Phi) is 5.88. The molecular weight excluding hydrogens is 444 g/mol. The van der Waals surface area contributed by atoms with E-state index in [0.29, 0.717) is 16.8 Å². The maximum absolute atomic E-state index is 12.9. The van der Waals surface area contributed by atoms with E-state index in [1.54, 1.807) is 12.1 Å². The van der Waals surface area contributed by atoms with Crippen LogP contribution in [0.1, 0.15) is 12.5 Å². The number of carbonyl (C=O) groups is 3. The third kappa shape index (κ3) is 4.09.